The second-order valence-electron chi connectivity index (χ2n) is 17.5. The van der Waals surface area contributed by atoms with Gasteiger partial charge in [-0.1, -0.05) is 11.6 Å². The van der Waals surface area contributed by atoms with Gasteiger partial charge in [0, 0.05) is 143 Å². The molecule has 0 radical (unpaired) electrons. The summed E-state index contributed by atoms with van der Waals surface area (Å²) in [5.74, 6) is -0.435. The molecule has 0 saturated carbocycles. The predicted molar refractivity (Wildman–Crippen MR) is 275 cm³/mol. The summed E-state index contributed by atoms with van der Waals surface area (Å²) < 4.78 is 4.21. The molecule has 8 aromatic rings. The lowest BCUT2D eigenvalue weighted by Gasteiger charge is -2.38. The number of rotatable bonds is 10. The van der Waals surface area contributed by atoms with Gasteiger partial charge in [0.1, 0.15) is 11.0 Å². The molecule has 20 heteroatoms. The van der Waals surface area contributed by atoms with Gasteiger partial charge < -0.3 is 35.3 Å². The van der Waals surface area contributed by atoms with Gasteiger partial charge in [-0.05, 0) is 77.9 Å². The van der Waals surface area contributed by atoms with Crippen molar-refractivity contribution < 1.29 is 9.59 Å². The van der Waals surface area contributed by atoms with Crippen LogP contribution in [-0.2, 0) is 13.1 Å². The number of benzene rings is 2. The minimum atomic E-state index is -0.238. The van der Waals surface area contributed by atoms with E-state index >= 15 is 0 Å². The number of nitrogens with one attached hydrogen (secondary N) is 4. The van der Waals surface area contributed by atoms with Crippen molar-refractivity contribution in [3.05, 3.63) is 140 Å². The van der Waals surface area contributed by atoms with E-state index in [1.165, 1.54) is 7.05 Å². The molecule has 2 aliphatic rings. The number of nitrogens with zero attached hydrogens (tertiary/aromatic N) is 10. The summed E-state index contributed by atoms with van der Waals surface area (Å²) in [6, 6.07) is 20.9. The third kappa shape index (κ3) is 9.65. The highest BCUT2D eigenvalue weighted by atomic mass is 35.5. The van der Waals surface area contributed by atoms with Gasteiger partial charge in [-0.3, -0.25) is 42.6 Å². The first-order chi connectivity index (χ1) is 33.3. The quantitative estimate of drug-likeness (QED) is 0.130. The molecule has 18 nitrogen and oxygen atoms in total. The summed E-state index contributed by atoms with van der Waals surface area (Å²) in [5.41, 5.74) is 11.5. The first kappa shape index (κ1) is 47.0. The van der Waals surface area contributed by atoms with Gasteiger partial charge in [-0.2, -0.15) is 0 Å². The maximum Gasteiger partial charge on any atom is 0.330 e. The third-order valence-corrected chi connectivity index (χ3v) is 13.3. The molecule has 6 aromatic heterocycles. The number of aromatic amines is 2. The second-order valence-corrected chi connectivity index (χ2v) is 18.4. The average molecular weight is 974 g/mol. The zero-order valence-corrected chi connectivity index (χ0v) is 40.6. The largest absolute Gasteiger partial charge is 0.386 e. The molecule has 0 aliphatic carbocycles. The van der Waals surface area contributed by atoms with E-state index in [1.54, 1.807) is 28.2 Å². The molecule has 2 aliphatic heterocycles. The van der Waals surface area contributed by atoms with Crippen LogP contribution in [0.2, 0.25) is 5.02 Å². The summed E-state index contributed by atoms with van der Waals surface area (Å²) in [6.07, 6.45) is 7.26. The zero-order valence-electron chi connectivity index (χ0n) is 39.1. The fraction of sp³-hybridized carbons (Fsp3) is 0.306. The maximum absolute atomic E-state index is 12.3. The van der Waals surface area contributed by atoms with Crippen molar-refractivity contribution in [1.82, 2.24) is 48.3 Å². The van der Waals surface area contributed by atoms with Crippen LogP contribution in [0.15, 0.2) is 101 Å². The number of amides is 2. The van der Waals surface area contributed by atoms with Crippen LogP contribution >= 0.6 is 23.4 Å². The third-order valence-electron chi connectivity index (χ3n) is 12.8. The van der Waals surface area contributed by atoms with Gasteiger partial charge in [0.2, 0.25) is 0 Å². The molecule has 2 aromatic carbocycles. The fourth-order valence-electron chi connectivity index (χ4n) is 9.25. The van der Waals surface area contributed by atoms with Crippen LogP contribution in [0.5, 0.6) is 0 Å². The predicted octanol–water partition coefficient (Wildman–Crippen LogP) is 5.34. The van der Waals surface area contributed by atoms with Crippen molar-refractivity contribution in [3.8, 4) is 0 Å². The van der Waals surface area contributed by atoms with Crippen LogP contribution in [0.4, 0.5) is 22.7 Å². The molecule has 4 N–H and O–H groups in total. The molecule has 0 bridgehead atoms. The molecule has 8 heterocycles. The molecule has 10 rings (SSSR count). The number of anilines is 4. The van der Waals surface area contributed by atoms with Crippen LogP contribution in [-0.4, -0.2) is 142 Å². The molecular weight excluding hydrogens is 920 g/mol. The highest BCUT2D eigenvalue weighted by Gasteiger charge is 2.24. The van der Waals surface area contributed by atoms with Crippen molar-refractivity contribution in [2.75, 3.05) is 108 Å². The highest BCUT2D eigenvalue weighted by Crippen LogP contribution is 2.35. The second kappa shape index (κ2) is 19.8. The lowest BCUT2D eigenvalue weighted by molar-refractivity contribution is 0.0884. The number of aromatic nitrogens is 6. The highest BCUT2D eigenvalue weighted by molar-refractivity contribution is 6.34. The van der Waals surface area contributed by atoms with Gasteiger partial charge >= 0.3 is 11.4 Å². The number of hydrogen-bond donors (Lipinski definition) is 4. The SMILES string of the molecule is CNC(=O)c1cc(N(C)C)c(N2CCN(Cc3cnc4c(c3)[nH]c(=O)n3cccc43)CC2)cc1Cl.CNc1cc(C(=O)N(C)Cl)ccc1N1CCN(Cc2cnc3c(c2)[nH]c(=O)n2cccc32)CC1. The van der Waals surface area contributed by atoms with E-state index in [9.17, 15) is 19.2 Å². The van der Waals surface area contributed by atoms with Crippen LogP contribution in [0, 0.1) is 0 Å². The lowest BCUT2D eigenvalue weighted by atomic mass is 10.1. The molecule has 2 amide bonds. The number of pyridine rings is 2. The van der Waals surface area contributed by atoms with E-state index in [-0.39, 0.29) is 23.2 Å². The minimum Gasteiger partial charge on any atom is -0.386 e. The molecule has 0 unspecified atom stereocenters. The zero-order chi connectivity index (χ0) is 48.5. The number of carbonyl (C=O) groups is 2. The molecular formula is C49H54Cl2N14O4. The number of carbonyl (C=O) groups excluding carboxylic acids is 2. The number of fused-ring (bicyclic) bond motifs is 6. The molecule has 358 valence electrons. The van der Waals surface area contributed by atoms with Crippen molar-refractivity contribution in [2.45, 2.75) is 13.1 Å². The van der Waals surface area contributed by atoms with Gasteiger partial charge in [-0.25, -0.2) is 9.59 Å². The Hall–Kier alpha value is -7.12. The summed E-state index contributed by atoms with van der Waals surface area (Å²) in [4.78, 5) is 75.6. The Morgan fingerprint density at radius 1 is 0.696 bits per heavy atom. The van der Waals surface area contributed by atoms with E-state index in [0.717, 1.165) is 137 Å². The van der Waals surface area contributed by atoms with E-state index in [4.69, 9.17) is 23.4 Å². The van der Waals surface area contributed by atoms with Gasteiger partial charge in [0.05, 0.1) is 55.4 Å². The van der Waals surface area contributed by atoms with E-state index in [0.29, 0.717) is 16.1 Å². The smallest absolute Gasteiger partial charge is 0.330 e. The Balaban J connectivity index is 0.000000172. The Labute approximate surface area is 407 Å². The normalized spacial score (nSPS) is 14.6. The Morgan fingerprint density at radius 2 is 1.22 bits per heavy atom. The van der Waals surface area contributed by atoms with Crippen LogP contribution in [0.3, 0.4) is 0 Å². The molecule has 69 heavy (non-hydrogen) atoms. The van der Waals surface area contributed by atoms with Crippen molar-refractivity contribution in [3.63, 3.8) is 0 Å². The summed E-state index contributed by atoms with van der Waals surface area (Å²) >= 11 is 12.3. The summed E-state index contributed by atoms with van der Waals surface area (Å²) in [7, 11) is 8.92. The minimum absolute atomic E-state index is 0.161. The summed E-state index contributed by atoms with van der Waals surface area (Å²) in [5, 5.41) is 6.30. The first-order valence-electron chi connectivity index (χ1n) is 22.7. The van der Waals surface area contributed by atoms with Crippen molar-refractivity contribution in [1.29, 1.82) is 0 Å². The number of H-pyrrole nitrogens is 2. The topological polar surface area (TPSA) is 178 Å². The summed E-state index contributed by atoms with van der Waals surface area (Å²) in [6.45, 7) is 8.42. The number of hydrogen-bond acceptors (Lipinski definition) is 12. The van der Waals surface area contributed by atoms with Gasteiger partial charge in [0.25, 0.3) is 11.8 Å². The van der Waals surface area contributed by atoms with Gasteiger partial charge in [-0.15, -0.1) is 0 Å². The van der Waals surface area contributed by atoms with Crippen molar-refractivity contribution in [2.24, 2.45) is 0 Å². The monoisotopic (exact) mass is 972 g/mol. The fourth-order valence-corrected chi connectivity index (χ4v) is 9.59. The first-order valence-corrected chi connectivity index (χ1v) is 23.4. The molecule has 2 saturated heterocycles. The molecule has 0 spiro atoms. The van der Waals surface area contributed by atoms with Crippen LogP contribution in [0.1, 0.15) is 31.8 Å². The standard InChI is InChI=1S/C25H28ClN7O2.C24H26ClN7O2/c1-27-24(34)17-12-21(30(2)3)22(13-18(17)26)32-9-7-31(8-10-32)15-16-11-19-23(28-14-16)20-5-4-6-33(20)25(35)29-19;1-26-18-13-17(23(33)29(2)25)5-6-20(18)31-10-8-30(9-11-31)15-16-12-19-22(27-14-16)21-4-3-7-32(21)24(34)28-19/h4-6,11-14H,7-10,15H2,1-3H3,(H,27,34)(H,29,35);3-7,12-14,26H,8-11,15H2,1-2H3,(H,28,34). The maximum atomic E-state index is 12.3. The number of piperazine rings is 2. The lowest BCUT2D eigenvalue weighted by Crippen LogP contribution is -2.46. The van der Waals surface area contributed by atoms with Crippen LogP contribution < -0.4 is 36.7 Å². The number of halogens is 2. The Bertz CT molecular complexity index is 3330. The average Bonchev–Trinajstić information content (AvgIpc) is 4.07. The van der Waals surface area contributed by atoms with Crippen LogP contribution in [0.25, 0.3) is 33.1 Å². The van der Waals surface area contributed by atoms with E-state index in [2.05, 4.69) is 50.2 Å². The van der Waals surface area contributed by atoms with E-state index < -0.39 is 0 Å². The Morgan fingerprint density at radius 3 is 1.70 bits per heavy atom. The van der Waals surface area contributed by atoms with E-state index in [1.807, 2.05) is 105 Å². The Kier molecular flexibility index (Phi) is 13.5. The molecule has 0 atom stereocenters. The van der Waals surface area contributed by atoms with Gasteiger partial charge in [0.15, 0.2) is 0 Å². The van der Waals surface area contributed by atoms with Crippen molar-refractivity contribution >= 4 is 91.0 Å². The molecule has 2 fully saturated rings.